The maximum atomic E-state index is 13.0. The Kier molecular flexibility index (Phi) is 5.08. The lowest BCUT2D eigenvalue weighted by Crippen LogP contribution is -2.40. The molecule has 0 spiro atoms. The van der Waals surface area contributed by atoms with Crippen LogP contribution >= 0.6 is 0 Å². The van der Waals surface area contributed by atoms with Crippen molar-refractivity contribution in [2.24, 2.45) is 4.99 Å². The summed E-state index contributed by atoms with van der Waals surface area (Å²) in [5.74, 6) is 0. The summed E-state index contributed by atoms with van der Waals surface area (Å²) in [7, 11) is 1.63. The largest absolute Gasteiger partial charge is 0.372 e. The van der Waals surface area contributed by atoms with Gasteiger partial charge in [0, 0.05) is 13.6 Å². The molecule has 70 valence electrons. The summed E-state index contributed by atoms with van der Waals surface area (Å²) < 4.78 is 13.0. The van der Waals surface area contributed by atoms with E-state index in [1.165, 1.54) is 11.1 Å². The molecule has 0 amide bonds. The second-order valence-corrected chi connectivity index (χ2v) is 2.40. The van der Waals surface area contributed by atoms with Crippen LogP contribution in [-0.2, 0) is 0 Å². The number of hydrogen-bond acceptors (Lipinski definition) is 2. The van der Waals surface area contributed by atoms with E-state index in [2.05, 4.69) is 16.9 Å². The van der Waals surface area contributed by atoms with E-state index in [-0.39, 0.29) is 6.17 Å². The minimum atomic E-state index is -0.459. The number of nitrogens with one attached hydrogen (secondary N) is 1. The first-order valence-electron chi connectivity index (χ1n) is 3.93. The lowest BCUT2D eigenvalue weighted by atomic mass is 10.5. The van der Waals surface area contributed by atoms with Gasteiger partial charge in [-0.05, 0) is 20.0 Å². The average Bonchev–Trinajstić information content (AvgIpc) is 2.04. The first-order chi connectivity index (χ1) is 5.63. The minimum Gasteiger partial charge on any atom is -0.372 e. The highest BCUT2D eigenvalue weighted by Crippen LogP contribution is 1.95. The number of rotatable bonds is 4. The predicted molar refractivity (Wildman–Crippen MR) is 49.6 cm³/mol. The SMILES string of the molecule is C=CNC(C)N(C)/C(F)=N\CC. The Labute approximate surface area is 73.0 Å². The minimum absolute atomic E-state index is 0.127. The first kappa shape index (κ1) is 10.9. The summed E-state index contributed by atoms with van der Waals surface area (Å²) >= 11 is 0. The fourth-order valence-electron chi connectivity index (χ4n) is 0.684. The van der Waals surface area contributed by atoms with Gasteiger partial charge in [-0.15, -0.1) is 0 Å². The molecule has 0 aliphatic rings. The van der Waals surface area contributed by atoms with Crippen molar-refractivity contribution in [3.05, 3.63) is 12.8 Å². The molecule has 1 unspecified atom stereocenters. The Morgan fingerprint density at radius 2 is 2.42 bits per heavy atom. The molecule has 0 rings (SSSR count). The van der Waals surface area contributed by atoms with Crippen LogP contribution in [-0.4, -0.2) is 30.7 Å². The monoisotopic (exact) mass is 173 g/mol. The van der Waals surface area contributed by atoms with Gasteiger partial charge in [0.1, 0.15) is 0 Å². The summed E-state index contributed by atoms with van der Waals surface area (Å²) in [5, 5.41) is 2.85. The van der Waals surface area contributed by atoms with E-state index in [1.807, 2.05) is 6.92 Å². The summed E-state index contributed by atoms with van der Waals surface area (Å²) in [5.41, 5.74) is 0. The molecule has 0 saturated heterocycles. The third kappa shape index (κ3) is 3.37. The van der Waals surface area contributed by atoms with Crippen LogP contribution in [0.15, 0.2) is 17.8 Å². The maximum absolute atomic E-state index is 13.0. The normalized spacial score (nSPS) is 13.8. The standard InChI is InChI=1S/C8H16FN3/c1-5-10-7(3)12(4)8(9)11-6-2/h5,7,10H,1,6H2,2-4H3/b11-8-. The van der Waals surface area contributed by atoms with E-state index in [0.717, 1.165) is 0 Å². The molecule has 0 aromatic heterocycles. The smallest absolute Gasteiger partial charge is 0.281 e. The lowest BCUT2D eigenvalue weighted by Gasteiger charge is -2.23. The van der Waals surface area contributed by atoms with Crippen LogP contribution in [0.2, 0.25) is 0 Å². The van der Waals surface area contributed by atoms with Gasteiger partial charge < -0.3 is 10.2 Å². The molecule has 0 aromatic carbocycles. The summed E-state index contributed by atoms with van der Waals surface area (Å²) in [6, 6.07) is 0. The van der Waals surface area contributed by atoms with Crippen molar-refractivity contribution in [3.63, 3.8) is 0 Å². The Balaban J connectivity index is 4.07. The molecule has 12 heavy (non-hydrogen) atoms. The molecule has 3 nitrogen and oxygen atoms in total. The van der Waals surface area contributed by atoms with Crippen LogP contribution < -0.4 is 5.32 Å². The molecule has 0 aliphatic carbocycles. The van der Waals surface area contributed by atoms with Gasteiger partial charge in [0.15, 0.2) is 0 Å². The summed E-state index contributed by atoms with van der Waals surface area (Å²) in [6.07, 6.45) is 0.942. The van der Waals surface area contributed by atoms with Gasteiger partial charge in [0.2, 0.25) is 0 Å². The zero-order valence-corrected chi connectivity index (χ0v) is 7.84. The fraction of sp³-hybridized carbons (Fsp3) is 0.625. The second kappa shape index (κ2) is 5.57. The van der Waals surface area contributed by atoms with E-state index < -0.39 is 6.09 Å². The van der Waals surface area contributed by atoms with Gasteiger partial charge in [0.25, 0.3) is 6.09 Å². The number of nitrogens with zero attached hydrogens (tertiary/aromatic N) is 2. The van der Waals surface area contributed by atoms with Gasteiger partial charge in [-0.25, -0.2) is 4.99 Å². The Hall–Kier alpha value is -1.06. The van der Waals surface area contributed by atoms with Crippen molar-refractivity contribution < 1.29 is 4.39 Å². The number of hydrogen-bond donors (Lipinski definition) is 1. The third-order valence-corrected chi connectivity index (χ3v) is 1.52. The zero-order valence-electron chi connectivity index (χ0n) is 7.84. The molecule has 0 radical (unpaired) electrons. The maximum Gasteiger partial charge on any atom is 0.281 e. The molecule has 1 N–H and O–H groups in total. The van der Waals surface area contributed by atoms with E-state index in [9.17, 15) is 4.39 Å². The molecule has 0 saturated carbocycles. The fourth-order valence-corrected chi connectivity index (χ4v) is 0.684. The van der Waals surface area contributed by atoms with Crippen molar-refractivity contribution in [2.45, 2.75) is 20.0 Å². The van der Waals surface area contributed by atoms with Crippen LogP contribution in [0.5, 0.6) is 0 Å². The quantitative estimate of drug-likeness (QED) is 0.301. The summed E-state index contributed by atoms with van der Waals surface area (Å²) in [6.45, 7) is 7.56. The number of amidine groups is 1. The van der Waals surface area contributed by atoms with E-state index in [4.69, 9.17) is 0 Å². The Morgan fingerprint density at radius 3 is 2.83 bits per heavy atom. The van der Waals surface area contributed by atoms with Crippen LogP contribution in [0.25, 0.3) is 0 Å². The second-order valence-electron chi connectivity index (χ2n) is 2.40. The molecule has 4 heteroatoms. The van der Waals surface area contributed by atoms with Gasteiger partial charge in [-0.2, -0.15) is 4.39 Å². The molecular weight excluding hydrogens is 157 g/mol. The average molecular weight is 173 g/mol. The Bertz CT molecular complexity index is 168. The van der Waals surface area contributed by atoms with E-state index in [1.54, 1.807) is 14.0 Å². The van der Waals surface area contributed by atoms with E-state index in [0.29, 0.717) is 6.54 Å². The molecule has 0 heterocycles. The molecule has 0 aliphatic heterocycles. The van der Waals surface area contributed by atoms with Crippen LogP contribution in [0.3, 0.4) is 0 Å². The van der Waals surface area contributed by atoms with Crippen molar-refractivity contribution in [1.82, 2.24) is 10.2 Å². The van der Waals surface area contributed by atoms with Gasteiger partial charge in [-0.1, -0.05) is 6.58 Å². The molecule has 0 aromatic rings. The zero-order chi connectivity index (χ0) is 9.56. The van der Waals surface area contributed by atoms with Crippen LogP contribution in [0, 0.1) is 0 Å². The van der Waals surface area contributed by atoms with Gasteiger partial charge in [-0.3, -0.25) is 0 Å². The van der Waals surface area contributed by atoms with Gasteiger partial charge >= 0.3 is 0 Å². The van der Waals surface area contributed by atoms with Crippen molar-refractivity contribution in [2.75, 3.05) is 13.6 Å². The summed E-state index contributed by atoms with van der Waals surface area (Å²) in [4.78, 5) is 5.04. The first-order valence-corrected chi connectivity index (χ1v) is 3.93. The van der Waals surface area contributed by atoms with Crippen LogP contribution in [0.1, 0.15) is 13.8 Å². The van der Waals surface area contributed by atoms with E-state index >= 15 is 0 Å². The van der Waals surface area contributed by atoms with Gasteiger partial charge in [0.05, 0.1) is 6.17 Å². The number of halogens is 1. The molecule has 1 atom stereocenters. The highest BCUT2D eigenvalue weighted by atomic mass is 19.1. The van der Waals surface area contributed by atoms with Crippen LogP contribution in [0.4, 0.5) is 4.39 Å². The van der Waals surface area contributed by atoms with Crippen molar-refractivity contribution in [3.8, 4) is 0 Å². The molecule has 0 bridgehead atoms. The number of aliphatic imine (C=N–C) groups is 1. The lowest BCUT2D eigenvalue weighted by molar-refractivity contribution is 0.327. The highest BCUT2D eigenvalue weighted by Gasteiger charge is 2.10. The van der Waals surface area contributed by atoms with Crippen molar-refractivity contribution in [1.29, 1.82) is 0 Å². The Morgan fingerprint density at radius 1 is 1.83 bits per heavy atom. The molecular formula is C8H16FN3. The third-order valence-electron chi connectivity index (χ3n) is 1.52. The van der Waals surface area contributed by atoms with Crippen molar-refractivity contribution >= 4 is 6.09 Å². The predicted octanol–water partition coefficient (Wildman–Crippen LogP) is 1.34. The molecule has 0 fully saturated rings. The topological polar surface area (TPSA) is 27.6 Å². The highest BCUT2D eigenvalue weighted by molar-refractivity contribution is 5.72.